The van der Waals surface area contributed by atoms with Crippen LogP contribution in [0.2, 0.25) is 0 Å². The fourth-order valence-electron chi connectivity index (χ4n) is 1.94. The second kappa shape index (κ2) is 5.46. The van der Waals surface area contributed by atoms with Crippen LogP contribution < -0.4 is 10.9 Å². The number of aromatic nitrogens is 2. The van der Waals surface area contributed by atoms with E-state index in [2.05, 4.69) is 31.2 Å². The fraction of sp³-hybridized carbons (Fsp3) is 0.286. The standard InChI is InChI=1S/C14H13BrFN3O/c15-12-5-8(16)1-4-11(12)14-18-10(6-13(20)19-14)7-17-9-2-3-9/h1,4-6,9,17H,2-3,7H2,(H,18,19,20). The predicted molar refractivity (Wildman–Crippen MR) is 77.8 cm³/mol. The summed E-state index contributed by atoms with van der Waals surface area (Å²) in [5, 5.41) is 3.32. The molecule has 0 amide bonds. The zero-order chi connectivity index (χ0) is 14.1. The van der Waals surface area contributed by atoms with Crippen molar-refractivity contribution in [2.45, 2.75) is 25.4 Å². The first-order valence-corrected chi connectivity index (χ1v) is 7.20. The van der Waals surface area contributed by atoms with Crippen LogP contribution >= 0.6 is 15.9 Å². The highest BCUT2D eigenvalue weighted by molar-refractivity contribution is 9.10. The Hall–Kier alpha value is -1.53. The summed E-state index contributed by atoms with van der Waals surface area (Å²) in [4.78, 5) is 18.8. The van der Waals surface area contributed by atoms with Crippen molar-refractivity contribution < 1.29 is 4.39 Å². The van der Waals surface area contributed by atoms with Gasteiger partial charge in [-0.05, 0) is 47.0 Å². The van der Waals surface area contributed by atoms with E-state index in [1.807, 2.05) is 0 Å². The van der Waals surface area contributed by atoms with Crippen molar-refractivity contribution in [3.63, 3.8) is 0 Å². The zero-order valence-corrected chi connectivity index (χ0v) is 12.2. The summed E-state index contributed by atoms with van der Waals surface area (Å²) in [7, 11) is 0. The van der Waals surface area contributed by atoms with Crippen LogP contribution in [0.3, 0.4) is 0 Å². The van der Waals surface area contributed by atoms with E-state index >= 15 is 0 Å². The lowest BCUT2D eigenvalue weighted by Crippen LogP contribution is -2.19. The van der Waals surface area contributed by atoms with Crippen LogP contribution in [0.4, 0.5) is 4.39 Å². The van der Waals surface area contributed by atoms with Crippen LogP contribution in [-0.4, -0.2) is 16.0 Å². The third kappa shape index (κ3) is 3.13. The number of nitrogens with one attached hydrogen (secondary N) is 2. The first-order valence-electron chi connectivity index (χ1n) is 6.41. The van der Waals surface area contributed by atoms with Crippen molar-refractivity contribution in [1.29, 1.82) is 0 Å². The van der Waals surface area contributed by atoms with Gasteiger partial charge in [0.1, 0.15) is 11.6 Å². The van der Waals surface area contributed by atoms with Gasteiger partial charge in [0, 0.05) is 28.7 Å². The number of hydrogen-bond donors (Lipinski definition) is 2. The maximum absolute atomic E-state index is 13.1. The Morgan fingerprint density at radius 3 is 2.90 bits per heavy atom. The highest BCUT2D eigenvalue weighted by atomic mass is 79.9. The van der Waals surface area contributed by atoms with Gasteiger partial charge in [-0.3, -0.25) is 4.79 Å². The highest BCUT2D eigenvalue weighted by Gasteiger charge is 2.20. The lowest BCUT2D eigenvalue weighted by atomic mass is 10.2. The largest absolute Gasteiger partial charge is 0.308 e. The van der Waals surface area contributed by atoms with Crippen LogP contribution in [0.5, 0.6) is 0 Å². The SMILES string of the molecule is O=c1cc(CNC2CC2)nc(-c2ccc(F)cc2Br)[nH]1. The normalized spacial score (nSPS) is 14.5. The van der Waals surface area contributed by atoms with E-state index < -0.39 is 0 Å². The molecule has 20 heavy (non-hydrogen) atoms. The zero-order valence-electron chi connectivity index (χ0n) is 10.6. The molecule has 2 N–H and O–H groups in total. The number of hydrogen-bond acceptors (Lipinski definition) is 3. The molecule has 0 radical (unpaired) electrons. The molecular formula is C14H13BrFN3O. The predicted octanol–water partition coefficient (Wildman–Crippen LogP) is 2.59. The van der Waals surface area contributed by atoms with Crippen molar-refractivity contribution in [3.05, 3.63) is 50.6 Å². The first kappa shape index (κ1) is 13.5. The van der Waals surface area contributed by atoms with Gasteiger partial charge >= 0.3 is 0 Å². The summed E-state index contributed by atoms with van der Waals surface area (Å²) in [6.07, 6.45) is 2.36. The van der Waals surface area contributed by atoms with E-state index in [4.69, 9.17) is 0 Å². The third-order valence-corrected chi connectivity index (χ3v) is 3.79. The van der Waals surface area contributed by atoms with Crippen LogP contribution in [0.15, 0.2) is 33.5 Å². The van der Waals surface area contributed by atoms with Gasteiger partial charge in [-0.2, -0.15) is 0 Å². The highest BCUT2D eigenvalue weighted by Crippen LogP contribution is 2.26. The summed E-state index contributed by atoms with van der Waals surface area (Å²) in [6, 6.07) is 6.32. The Bertz CT molecular complexity index is 697. The number of rotatable bonds is 4. The average molecular weight is 338 g/mol. The molecule has 4 nitrogen and oxygen atoms in total. The number of H-pyrrole nitrogens is 1. The van der Waals surface area contributed by atoms with E-state index in [0.29, 0.717) is 34.1 Å². The second-order valence-electron chi connectivity index (χ2n) is 4.86. The molecule has 1 heterocycles. The molecule has 1 aromatic carbocycles. The lowest BCUT2D eigenvalue weighted by Gasteiger charge is -2.07. The first-order chi connectivity index (χ1) is 9.61. The minimum atomic E-state index is -0.338. The van der Waals surface area contributed by atoms with Gasteiger partial charge in [-0.15, -0.1) is 0 Å². The molecule has 1 saturated carbocycles. The van der Waals surface area contributed by atoms with Crippen molar-refractivity contribution >= 4 is 15.9 Å². The molecule has 0 bridgehead atoms. The van der Waals surface area contributed by atoms with Gasteiger partial charge in [-0.25, -0.2) is 9.37 Å². The monoisotopic (exact) mass is 337 g/mol. The quantitative estimate of drug-likeness (QED) is 0.901. The minimum Gasteiger partial charge on any atom is -0.308 e. The smallest absolute Gasteiger partial charge is 0.251 e. The second-order valence-corrected chi connectivity index (χ2v) is 5.72. The number of halogens is 2. The molecule has 0 spiro atoms. The minimum absolute atomic E-state index is 0.209. The molecule has 1 aliphatic carbocycles. The van der Waals surface area contributed by atoms with Gasteiger partial charge in [0.05, 0.1) is 5.69 Å². The van der Waals surface area contributed by atoms with Gasteiger partial charge in [0.15, 0.2) is 0 Å². The third-order valence-electron chi connectivity index (χ3n) is 3.13. The summed E-state index contributed by atoms with van der Waals surface area (Å²) in [5.41, 5.74) is 1.14. The van der Waals surface area contributed by atoms with Gasteiger partial charge in [0.2, 0.25) is 0 Å². The van der Waals surface area contributed by atoms with Crippen LogP contribution in [-0.2, 0) is 6.54 Å². The van der Waals surface area contributed by atoms with Crippen molar-refractivity contribution in [1.82, 2.24) is 15.3 Å². The van der Waals surface area contributed by atoms with Crippen LogP contribution in [0, 0.1) is 5.82 Å². The Labute approximate surface area is 123 Å². The molecule has 0 atom stereocenters. The van der Waals surface area contributed by atoms with E-state index in [9.17, 15) is 9.18 Å². The maximum Gasteiger partial charge on any atom is 0.251 e. The Balaban J connectivity index is 1.93. The fourth-order valence-corrected chi connectivity index (χ4v) is 2.48. The molecule has 104 valence electrons. The van der Waals surface area contributed by atoms with Gasteiger partial charge < -0.3 is 10.3 Å². The average Bonchev–Trinajstić information content (AvgIpc) is 3.19. The Kier molecular flexibility index (Phi) is 3.67. The van der Waals surface area contributed by atoms with E-state index in [1.54, 1.807) is 6.07 Å². The molecular weight excluding hydrogens is 325 g/mol. The molecule has 6 heteroatoms. The van der Waals surface area contributed by atoms with Crippen LogP contribution in [0.1, 0.15) is 18.5 Å². The van der Waals surface area contributed by atoms with E-state index in [-0.39, 0.29) is 11.4 Å². The summed E-state index contributed by atoms with van der Waals surface area (Å²) < 4.78 is 13.7. The summed E-state index contributed by atoms with van der Waals surface area (Å²) in [5.74, 6) is 0.103. The van der Waals surface area contributed by atoms with Crippen molar-refractivity contribution in [2.75, 3.05) is 0 Å². The molecule has 0 unspecified atom stereocenters. The topological polar surface area (TPSA) is 57.8 Å². The molecule has 3 rings (SSSR count). The van der Waals surface area contributed by atoms with Gasteiger partial charge in [-0.1, -0.05) is 0 Å². The maximum atomic E-state index is 13.1. The lowest BCUT2D eigenvalue weighted by molar-refractivity contribution is 0.627. The van der Waals surface area contributed by atoms with Crippen LogP contribution in [0.25, 0.3) is 11.4 Å². The number of aromatic amines is 1. The summed E-state index contributed by atoms with van der Waals surface area (Å²) >= 11 is 3.29. The number of nitrogens with zero attached hydrogens (tertiary/aromatic N) is 1. The summed E-state index contributed by atoms with van der Waals surface area (Å²) in [6.45, 7) is 0.570. The van der Waals surface area contributed by atoms with Crippen molar-refractivity contribution in [2.24, 2.45) is 0 Å². The van der Waals surface area contributed by atoms with E-state index in [0.717, 1.165) is 0 Å². The molecule has 1 aliphatic rings. The van der Waals surface area contributed by atoms with Gasteiger partial charge in [0.25, 0.3) is 5.56 Å². The van der Waals surface area contributed by atoms with E-state index in [1.165, 1.54) is 31.0 Å². The Morgan fingerprint density at radius 2 is 2.20 bits per heavy atom. The molecule has 0 aliphatic heterocycles. The Morgan fingerprint density at radius 1 is 1.40 bits per heavy atom. The molecule has 0 saturated heterocycles. The van der Waals surface area contributed by atoms with Crippen molar-refractivity contribution in [3.8, 4) is 11.4 Å². The number of benzene rings is 1. The molecule has 1 fully saturated rings. The molecule has 2 aromatic rings. The molecule has 1 aromatic heterocycles.